The van der Waals surface area contributed by atoms with E-state index in [0.29, 0.717) is 11.7 Å². The van der Waals surface area contributed by atoms with Crippen LogP contribution in [0.15, 0.2) is 36.7 Å². The molecule has 1 aromatic carbocycles. The van der Waals surface area contributed by atoms with Crippen LogP contribution in [0.3, 0.4) is 0 Å². The number of benzene rings is 1. The molecule has 2 heterocycles. The van der Waals surface area contributed by atoms with E-state index in [1.165, 1.54) is 11.3 Å². The van der Waals surface area contributed by atoms with E-state index < -0.39 is 0 Å². The summed E-state index contributed by atoms with van der Waals surface area (Å²) in [4.78, 5) is 23.0. The Morgan fingerprint density at radius 2 is 2.13 bits per heavy atom. The summed E-state index contributed by atoms with van der Waals surface area (Å²) in [5.74, 6) is 0.607. The molecule has 2 aromatic rings. The number of anilines is 2. The molecule has 3 rings (SSSR count). The Kier molecular flexibility index (Phi) is 4.28. The zero-order valence-corrected chi connectivity index (χ0v) is 13.8. The van der Waals surface area contributed by atoms with Crippen LogP contribution in [-0.2, 0) is 6.42 Å². The first-order chi connectivity index (χ1) is 11.1. The number of aromatic nitrogens is 2. The maximum Gasteiger partial charge on any atom is 0.271 e. The first kappa shape index (κ1) is 15.5. The molecule has 1 aliphatic rings. The molecule has 1 aromatic heterocycles. The lowest BCUT2D eigenvalue weighted by atomic mass is 10.1. The first-order valence-corrected chi connectivity index (χ1v) is 8.10. The van der Waals surface area contributed by atoms with Crippen molar-refractivity contribution in [1.29, 1.82) is 0 Å². The van der Waals surface area contributed by atoms with E-state index in [1.807, 2.05) is 19.9 Å². The molecule has 0 radical (unpaired) electrons. The third kappa shape index (κ3) is 3.04. The molecule has 5 nitrogen and oxygen atoms in total. The maximum atomic E-state index is 12.1. The van der Waals surface area contributed by atoms with E-state index in [4.69, 9.17) is 0 Å². The minimum Gasteiger partial charge on any atom is -0.348 e. The number of carbonyl (C=O) groups is 1. The highest BCUT2D eigenvalue weighted by Gasteiger charge is 2.27. The fourth-order valence-electron chi connectivity index (χ4n) is 2.88. The Morgan fingerprint density at radius 1 is 1.35 bits per heavy atom. The highest BCUT2D eigenvalue weighted by atomic mass is 16.1. The van der Waals surface area contributed by atoms with Crippen LogP contribution >= 0.6 is 0 Å². The van der Waals surface area contributed by atoms with Gasteiger partial charge in [-0.3, -0.25) is 4.79 Å². The SMILES string of the molecule is CCC(C)NC(=O)c1cnc(N2c3ccccc3CC2C)cn1. The Hall–Kier alpha value is -2.43. The van der Waals surface area contributed by atoms with Crippen molar-refractivity contribution in [2.24, 2.45) is 0 Å². The third-order valence-electron chi connectivity index (χ3n) is 4.31. The second kappa shape index (κ2) is 6.36. The van der Waals surface area contributed by atoms with Crippen LogP contribution in [0, 0.1) is 0 Å². The van der Waals surface area contributed by atoms with Gasteiger partial charge in [0, 0.05) is 17.8 Å². The number of nitrogens with zero attached hydrogens (tertiary/aromatic N) is 3. The molecule has 0 spiro atoms. The summed E-state index contributed by atoms with van der Waals surface area (Å²) in [5.41, 5.74) is 2.85. The van der Waals surface area contributed by atoms with Crippen molar-refractivity contribution >= 4 is 17.4 Å². The van der Waals surface area contributed by atoms with E-state index in [9.17, 15) is 4.79 Å². The second-order valence-corrected chi connectivity index (χ2v) is 6.09. The molecule has 1 amide bonds. The van der Waals surface area contributed by atoms with E-state index in [-0.39, 0.29) is 11.9 Å². The number of hydrogen-bond acceptors (Lipinski definition) is 4. The van der Waals surface area contributed by atoms with Gasteiger partial charge in [0.1, 0.15) is 5.69 Å². The zero-order valence-electron chi connectivity index (χ0n) is 13.8. The monoisotopic (exact) mass is 310 g/mol. The first-order valence-electron chi connectivity index (χ1n) is 8.10. The molecule has 0 saturated carbocycles. The number of para-hydroxylation sites is 1. The van der Waals surface area contributed by atoms with Gasteiger partial charge >= 0.3 is 0 Å². The summed E-state index contributed by atoms with van der Waals surface area (Å²) in [6.45, 7) is 6.18. The van der Waals surface area contributed by atoms with Gasteiger partial charge in [0.05, 0.1) is 12.4 Å². The minimum atomic E-state index is -0.173. The molecule has 2 atom stereocenters. The summed E-state index contributed by atoms with van der Waals surface area (Å²) >= 11 is 0. The number of carbonyl (C=O) groups excluding carboxylic acids is 1. The van der Waals surface area contributed by atoms with Crippen molar-refractivity contribution in [1.82, 2.24) is 15.3 Å². The quantitative estimate of drug-likeness (QED) is 0.943. The van der Waals surface area contributed by atoms with Gasteiger partial charge in [0.25, 0.3) is 5.91 Å². The van der Waals surface area contributed by atoms with Gasteiger partial charge in [-0.25, -0.2) is 9.97 Å². The Balaban J connectivity index is 1.82. The largest absolute Gasteiger partial charge is 0.348 e. The van der Waals surface area contributed by atoms with Gasteiger partial charge < -0.3 is 10.2 Å². The van der Waals surface area contributed by atoms with Gasteiger partial charge in [0.15, 0.2) is 5.82 Å². The molecular weight excluding hydrogens is 288 g/mol. The predicted molar refractivity (Wildman–Crippen MR) is 91.0 cm³/mol. The van der Waals surface area contributed by atoms with Gasteiger partial charge in [-0.05, 0) is 38.3 Å². The lowest BCUT2D eigenvalue weighted by Gasteiger charge is -2.23. The predicted octanol–water partition coefficient (Wildman–Crippen LogP) is 3.09. The van der Waals surface area contributed by atoms with Crippen LogP contribution in [-0.4, -0.2) is 28.0 Å². The van der Waals surface area contributed by atoms with Crippen LogP contribution in [0.4, 0.5) is 11.5 Å². The Morgan fingerprint density at radius 3 is 2.83 bits per heavy atom. The topological polar surface area (TPSA) is 58.1 Å². The van der Waals surface area contributed by atoms with Crippen LogP contribution in [0.5, 0.6) is 0 Å². The summed E-state index contributed by atoms with van der Waals surface area (Å²) < 4.78 is 0. The Bertz CT molecular complexity index is 698. The molecule has 0 fully saturated rings. The average molecular weight is 310 g/mol. The molecule has 0 aliphatic carbocycles. The molecule has 5 heteroatoms. The van der Waals surface area contributed by atoms with E-state index in [2.05, 4.69) is 45.3 Å². The maximum absolute atomic E-state index is 12.1. The minimum absolute atomic E-state index is 0.134. The van der Waals surface area contributed by atoms with E-state index in [0.717, 1.165) is 18.7 Å². The number of fused-ring (bicyclic) bond motifs is 1. The molecule has 120 valence electrons. The number of hydrogen-bond donors (Lipinski definition) is 1. The molecule has 0 saturated heterocycles. The summed E-state index contributed by atoms with van der Waals surface area (Å²) in [5, 5.41) is 2.90. The fourth-order valence-corrected chi connectivity index (χ4v) is 2.88. The fraction of sp³-hybridized carbons (Fsp3) is 0.389. The second-order valence-electron chi connectivity index (χ2n) is 6.09. The lowest BCUT2D eigenvalue weighted by molar-refractivity contribution is 0.0934. The highest BCUT2D eigenvalue weighted by molar-refractivity contribution is 5.92. The summed E-state index contributed by atoms with van der Waals surface area (Å²) in [6.07, 6.45) is 5.12. The summed E-state index contributed by atoms with van der Waals surface area (Å²) in [6, 6.07) is 8.81. The van der Waals surface area contributed by atoms with Gasteiger partial charge in [-0.1, -0.05) is 25.1 Å². The van der Waals surface area contributed by atoms with Crippen molar-refractivity contribution in [3.8, 4) is 0 Å². The van der Waals surface area contributed by atoms with Crippen molar-refractivity contribution in [3.63, 3.8) is 0 Å². The zero-order chi connectivity index (χ0) is 16.4. The van der Waals surface area contributed by atoms with Crippen LogP contribution in [0.2, 0.25) is 0 Å². The number of amides is 1. The van der Waals surface area contributed by atoms with Gasteiger partial charge in [-0.2, -0.15) is 0 Å². The van der Waals surface area contributed by atoms with Crippen LogP contribution in [0.1, 0.15) is 43.2 Å². The number of nitrogens with one attached hydrogen (secondary N) is 1. The molecule has 1 N–H and O–H groups in total. The normalized spacial score (nSPS) is 17.7. The molecular formula is C18H22N4O. The van der Waals surface area contributed by atoms with Gasteiger partial charge in [0.2, 0.25) is 0 Å². The molecule has 1 aliphatic heterocycles. The lowest BCUT2D eigenvalue weighted by Crippen LogP contribution is -2.32. The summed E-state index contributed by atoms with van der Waals surface area (Å²) in [7, 11) is 0. The number of rotatable bonds is 4. The van der Waals surface area contributed by atoms with E-state index >= 15 is 0 Å². The standard InChI is InChI=1S/C18H22N4O/c1-4-12(2)21-18(23)15-10-20-17(11-19-15)22-13(3)9-14-7-5-6-8-16(14)22/h5-8,10-13H,4,9H2,1-3H3,(H,21,23). The highest BCUT2D eigenvalue weighted by Crippen LogP contribution is 2.36. The Labute approximate surface area is 136 Å². The smallest absolute Gasteiger partial charge is 0.271 e. The third-order valence-corrected chi connectivity index (χ3v) is 4.31. The molecule has 0 bridgehead atoms. The van der Waals surface area contributed by atoms with Crippen molar-refractivity contribution < 1.29 is 4.79 Å². The molecule has 23 heavy (non-hydrogen) atoms. The van der Waals surface area contributed by atoms with Crippen LogP contribution < -0.4 is 10.2 Å². The van der Waals surface area contributed by atoms with Crippen molar-refractivity contribution in [2.45, 2.75) is 45.7 Å². The van der Waals surface area contributed by atoms with Crippen molar-refractivity contribution in [2.75, 3.05) is 4.90 Å². The molecule has 2 unspecified atom stereocenters. The van der Waals surface area contributed by atoms with Crippen LogP contribution in [0.25, 0.3) is 0 Å². The van der Waals surface area contributed by atoms with E-state index in [1.54, 1.807) is 12.4 Å². The average Bonchev–Trinajstić information content (AvgIpc) is 2.90. The van der Waals surface area contributed by atoms with Gasteiger partial charge in [-0.15, -0.1) is 0 Å². The van der Waals surface area contributed by atoms with Crippen molar-refractivity contribution in [3.05, 3.63) is 47.9 Å².